The van der Waals surface area contributed by atoms with E-state index >= 15 is 0 Å². The summed E-state index contributed by atoms with van der Waals surface area (Å²) >= 11 is 6.04. The number of halogens is 1. The van der Waals surface area contributed by atoms with Crippen LogP contribution in [0.5, 0.6) is 0 Å². The zero-order valence-electron chi connectivity index (χ0n) is 16.4. The van der Waals surface area contributed by atoms with Gasteiger partial charge in [0.25, 0.3) is 5.56 Å². The van der Waals surface area contributed by atoms with Crippen LogP contribution in [-0.4, -0.2) is 35.5 Å². The Hall–Kier alpha value is -3.03. The van der Waals surface area contributed by atoms with Crippen LogP contribution in [0, 0.1) is 0 Å². The van der Waals surface area contributed by atoms with E-state index in [0.717, 1.165) is 17.5 Å². The second kappa shape index (κ2) is 7.34. The van der Waals surface area contributed by atoms with Crippen LogP contribution in [0.3, 0.4) is 0 Å². The normalized spacial score (nSPS) is 18.9. The summed E-state index contributed by atoms with van der Waals surface area (Å²) in [5, 5.41) is 15.3. The van der Waals surface area contributed by atoms with E-state index in [9.17, 15) is 9.90 Å². The minimum absolute atomic E-state index is 0.0432. The molecule has 1 saturated carbocycles. The van der Waals surface area contributed by atoms with Crippen molar-refractivity contribution in [3.8, 4) is 22.5 Å². The van der Waals surface area contributed by atoms with Crippen LogP contribution in [0.25, 0.3) is 33.4 Å². The van der Waals surface area contributed by atoms with Crippen molar-refractivity contribution in [2.45, 2.75) is 31.4 Å². The quantitative estimate of drug-likeness (QED) is 0.546. The molecule has 2 atom stereocenters. The van der Waals surface area contributed by atoms with Gasteiger partial charge in [-0.1, -0.05) is 23.7 Å². The Morgan fingerprint density at radius 2 is 1.97 bits per heavy atom. The molecule has 3 heterocycles. The maximum absolute atomic E-state index is 13.4. The zero-order valence-corrected chi connectivity index (χ0v) is 17.1. The molecule has 7 nitrogen and oxygen atoms in total. The maximum atomic E-state index is 13.4. The van der Waals surface area contributed by atoms with E-state index in [1.165, 1.54) is 0 Å². The van der Waals surface area contributed by atoms with E-state index in [4.69, 9.17) is 16.6 Å². The van der Waals surface area contributed by atoms with Gasteiger partial charge in [-0.2, -0.15) is 5.10 Å². The number of rotatable bonds is 3. The first-order valence-corrected chi connectivity index (χ1v) is 10.2. The lowest BCUT2D eigenvalue weighted by molar-refractivity contribution is 0.177. The molecule has 0 radical (unpaired) electrons. The highest BCUT2D eigenvalue weighted by molar-refractivity contribution is 6.30. The standard InChI is InChI=1S/C22H20ClN5O2/c1-27-11-14(10-25-27)20-21-18(9-19(26-20)13-2-4-15(23)5-3-13)22(30)28(12-24-21)16-6-7-17(29)8-16/h2-5,9-12,16-17,29H,6-8H2,1H3/t16-,17+/m1/s1. The third kappa shape index (κ3) is 3.30. The lowest BCUT2D eigenvalue weighted by atomic mass is 10.1. The van der Waals surface area contributed by atoms with Crippen LogP contribution in [0.2, 0.25) is 5.02 Å². The van der Waals surface area contributed by atoms with Gasteiger partial charge in [0, 0.05) is 35.4 Å². The van der Waals surface area contributed by atoms with Gasteiger partial charge in [-0.15, -0.1) is 0 Å². The third-order valence-corrected chi connectivity index (χ3v) is 5.91. The second-order valence-corrected chi connectivity index (χ2v) is 8.18. The summed E-state index contributed by atoms with van der Waals surface area (Å²) in [7, 11) is 1.83. The smallest absolute Gasteiger partial charge is 0.261 e. The first-order chi connectivity index (χ1) is 14.5. The molecule has 0 aliphatic heterocycles. The van der Waals surface area contributed by atoms with E-state index < -0.39 is 0 Å². The molecule has 1 N–H and O–H groups in total. The number of aromatic nitrogens is 5. The fraction of sp³-hybridized carbons (Fsp3) is 0.273. The van der Waals surface area contributed by atoms with E-state index in [1.54, 1.807) is 40.0 Å². The van der Waals surface area contributed by atoms with Crippen LogP contribution >= 0.6 is 11.6 Å². The van der Waals surface area contributed by atoms with Crippen molar-refractivity contribution in [2.24, 2.45) is 7.05 Å². The lowest BCUT2D eigenvalue weighted by Gasteiger charge is -2.15. The molecule has 4 aromatic rings. The van der Waals surface area contributed by atoms with Gasteiger partial charge in [-0.3, -0.25) is 14.0 Å². The van der Waals surface area contributed by atoms with Crippen molar-refractivity contribution in [2.75, 3.05) is 0 Å². The van der Waals surface area contributed by atoms with Crippen molar-refractivity contribution >= 4 is 22.5 Å². The summed E-state index contributed by atoms with van der Waals surface area (Å²) in [6.45, 7) is 0. The topological polar surface area (TPSA) is 85.8 Å². The van der Waals surface area contributed by atoms with Crippen LogP contribution < -0.4 is 5.56 Å². The zero-order chi connectivity index (χ0) is 20.8. The van der Waals surface area contributed by atoms with Gasteiger partial charge < -0.3 is 5.11 Å². The van der Waals surface area contributed by atoms with Crippen LogP contribution in [0.1, 0.15) is 25.3 Å². The van der Waals surface area contributed by atoms with Gasteiger partial charge in [-0.05, 0) is 37.5 Å². The molecule has 8 heteroatoms. The molecule has 5 rings (SSSR count). The average Bonchev–Trinajstić information content (AvgIpc) is 3.36. The molecule has 1 aromatic carbocycles. The highest BCUT2D eigenvalue weighted by Gasteiger charge is 2.26. The molecule has 152 valence electrons. The van der Waals surface area contributed by atoms with Gasteiger partial charge >= 0.3 is 0 Å². The molecule has 1 fully saturated rings. The molecule has 0 spiro atoms. The first kappa shape index (κ1) is 19.0. The van der Waals surface area contributed by atoms with Crippen molar-refractivity contribution in [1.29, 1.82) is 0 Å². The number of pyridine rings is 1. The van der Waals surface area contributed by atoms with Gasteiger partial charge in [-0.25, -0.2) is 9.97 Å². The first-order valence-electron chi connectivity index (χ1n) is 9.84. The number of benzene rings is 1. The summed E-state index contributed by atoms with van der Waals surface area (Å²) in [6.07, 6.45) is 6.81. The maximum Gasteiger partial charge on any atom is 0.261 e. The SMILES string of the molecule is Cn1cc(-c2nc(-c3ccc(Cl)cc3)cc3c(=O)n([C@@H]4CC[C@H](O)C4)cnc23)cn1. The summed E-state index contributed by atoms with van der Waals surface area (Å²) in [6, 6.07) is 9.10. The van der Waals surface area contributed by atoms with Crippen molar-refractivity contribution in [3.05, 3.63) is 64.4 Å². The number of fused-ring (bicyclic) bond motifs is 1. The number of aryl methyl sites for hydroxylation is 1. The van der Waals surface area contributed by atoms with E-state index in [2.05, 4.69) is 10.1 Å². The fourth-order valence-electron chi connectivity index (χ4n) is 4.10. The van der Waals surface area contributed by atoms with Gasteiger partial charge in [0.1, 0.15) is 11.2 Å². The van der Waals surface area contributed by atoms with E-state index in [0.29, 0.717) is 40.2 Å². The van der Waals surface area contributed by atoms with Crippen LogP contribution in [0.4, 0.5) is 0 Å². The number of aliphatic hydroxyl groups excluding tert-OH is 1. The average molecular weight is 422 g/mol. The summed E-state index contributed by atoms with van der Waals surface area (Å²) in [4.78, 5) is 22.8. The monoisotopic (exact) mass is 421 g/mol. The number of aliphatic hydroxyl groups is 1. The fourth-order valence-corrected chi connectivity index (χ4v) is 4.23. The summed E-state index contributed by atoms with van der Waals surface area (Å²) < 4.78 is 3.34. The van der Waals surface area contributed by atoms with Gasteiger partial charge in [0.2, 0.25) is 0 Å². The highest BCUT2D eigenvalue weighted by atomic mass is 35.5. The number of hydrogen-bond donors (Lipinski definition) is 1. The Balaban J connectivity index is 1.75. The van der Waals surface area contributed by atoms with Crippen LogP contribution in [0.15, 0.2) is 53.8 Å². The molecule has 0 bridgehead atoms. The minimum Gasteiger partial charge on any atom is -0.393 e. The molecular weight excluding hydrogens is 402 g/mol. The molecule has 0 unspecified atom stereocenters. The molecular formula is C22H20ClN5O2. The molecule has 30 heavy (non-hydrogen) atoms. The van der Waals surface area contributed by atoms with Crippen LogP contribution in [-0.2, 0) is 7.05 Å². The van der Waals surface area contributed by atoms with Crippen molar-refractivity contribution < 1.29 is 5.11 Å². The summed E-state index contributed by atoms with van der Waals surface area (Å²) in [5.41, 5.74) is 3.35. The Bertz CT molecular complexity index is 1300. The van der Waals surface area contributed by atoms with Gasteiger partial charge in [0.15, 0.2) is 0 Å². The molecule has 0 saturated heterocycles. The van der Waals surface area contributed by atoms with Gasteiger partial charge in [0.05, 0.1) is 29.7 Å². The molecule has 1 aliphatic rings. The minimum atomic E-state index is -0.370. The third-order valence-electron chi connectivity index (χ3n) is 5.66. The predicted molar refractivity (Wildman–Crippen MR) is 115 cm³/mol. The Morgan fingerprint density at radius 3 is 2.63 bits per heavy atom. The second-order valence-electron chi connectivity index (χ2n) is 7.74. The molecule has 3 aromatic heterocycles. The largest absolute Gasteiger partial charge is 0.393 e. The Labute approximate surface area is 177 Å². The van der Waals surface area contributed by atoms with E-state index in [-0.39, 0.29) is 17.7 Å². The Kier molecular flexibility index (Phi) is 4.64. The Morgan fingerprint density at radius 1 is 1.17 bits per heavy atom. The highest BCUT2D eigenvalue weighted by Crippen LogP contribution is 2.31. The summed E-state index contributed by atoms with van der Waals surface area (Å²) in [5.74, 6) is 0. The lowest BCUT2D eigenvalue weighted by Crippen LogP contribution is -2.24. The predicted octanol–water partition coefficient (Wildman–Crippen LogP) is 3.60. The number of nitrogens with zero attached hydrogens (tertiary/aromatic N) is 5. The van der Waals surface area contributed by atoms with E-state index in [1.807, 2.05) is 25.4 Å². The molecule has 1 aliphatic carbocycles. The van der Waals surface area contributed by atoms with Crippen molar-refractivity contribution in [3.63, 3.8) is 0 Å². The number of hydrogen-bond acceptors (Lipinski definition) is 5. The molecule has 0 amide bonds. The van der Waals surface area contributed by atoms with Crippen molar-refractivity contribution in [1.82, 2.24) is 24.3 Å².